The summed E-state index contributed by atoms with van der Waals surface area (Å²) in [7, 11) is 0. The van der Waals surface area contributed by atoms with Crippen LogP contribution in [-0.2, 0) is 9.53 Å². The molecule has 0 bridgehead atoms. The number of halogens is 1. The molecule has 0 saturated carbocycles. The maximum absolute atomic E-state index is 14.3. The first-order chi connectivity index (χ1) is 15.2. The van der Waals surface area contributed by atoms with Gasteiger partial charge in [0.15, 0.2) is 11.6 Å². The lowest BCUT2D eigenvalue weighted by Crippen LogP contribution is -2.36. The number of carbonyl (C=O) groups is 1. The van der Waals surface area contributed by atoms with Gasteiger partial charge in [-0.3, -0.25) is 9.78 Å². The van der Waals surface area contributed by atoms with Crippen LogP contribution in [0.25, 0.3) is 6.08 Å². The van der Waals surface area contributed by atoms with Gasteiger partial charge in [0.2, 0.25) is 5.91 Å². The number of amides is 1. The average Bonchev–Trinajstić information content (AvgIpc) is 2.81. The van der Waals surface area contributed by atoms with Gasteiger partial charge in [-0.05, 0) is 48.0 Å². The average molecular weight is 420 g/mol. The summed E-state index contributed by atoms with van der Waals surface area (Å²) < 4.78 is 25.1. The topological polar surface area (TPSA) is 76.6 Å². The van der Waals surface area contributed by atoms with Crippen LogP contribution in [-0.4, -0.2) is 42.2 Å². The number of ether oxygens (including phenoxy) is 2. The molecule has 3 aromatic rings. The third-order valence-electron chi connectivity index (χ3n) is 4.62. The number of nitrogens with one attached hydrogen (secondary N) is 1. The minimum atomic E-state index is -0.535. The Morgan fingerprint density at radius 2 is 2.03 bits per heavy atom. The highest BCUT2D eigenvalue weighted by Gasteiger charge is 2.11. The van der Waals surface area contributed by atoms with Gasteiger partial charge in [-0.15, -0.1) is 0 Å². The summed E-state index contributed by atoms with van der Waals surface area (Å²) in [6, 6.07) is 11.5. The molecule has 31 heavy (non-hydrogen) atoms. The van der Waals surface area contributed by atoms with E-state index in [9.17, 15) is 9.18 Å². The van der Waals surface area contributed by atoms with Gasteiger partial charge in [-0.2, -0.15) is 0 Å². The molecular formula is C23H21FN4O3. The molecular weight excluding hydrogens is 399 g/mol. The third-order valence-corrected chi connectivity index (χ3v) is 4.62. The molecule has 0 radical (unpaired) electrons. The second-order valence-corrected chi connectivity index (χ2v) is 6.80. The smallest absolute Gasteiger partial charge is 0.249 e. The molecule has 3 heterocycles. The zero-order chi connectivity index (χ0) is 21.5. The van der Waals surface area contributed by atoms with Crippen LogP contribution < -0.4 is 15.0 Å². The lowest BCUT2D eigenvalue weighted by atomic mass is 10.2. The van der Waals surface area contributed by atoms with Gasteiger partial charge in [0.25, 0.3) is 0 Å². The molecule has 1 aliphatic heterocycles. The van der Waals surface area contributed by atoms with Gasteiger partial charge < -0.3 is 19.7 Å². The van der Waals surface area contributed by atoms with Crippen LogP contribution in [0.5, 0.6) is 11.5 Å². The molecule has 1 N–H and O–H groups in total. The monoisotopic (exact) mass is 420 g/mol. The summed E-state index contributed by atoms with van der Waals surface area (Å²) in [5.74, 6) is 0.0722. The van der Waals surface area contributed by atoms with Crippen molar-refractivity contribution in [2.45, 2.75) is 0 Å². The van der Waals surface area contributed by atoms with Crippen molar-refractivity contribution in [1.29, 1.82) is 0 Å². The maximum atomic E-state index is 14.3. The van der Waals surface area contributed by atoms with Crippen LogP contribution in [0.4, 0.5) is 15.9 Å². The first-order valence-electron chi connectivity index (χ1n) is 9.83. The fourth-order valence-corrected chi connectivity index (χ4v) is 3.05. The SMILES string of the molecule is O=C(/C=C/c1ccc(Oc2cccnc2)c(F)c1)Nc1ccc(N2CCOCC2)cn1. The van der Waals surface area contributed by atoms with Crippen molar-refractivity contribution in [3.8, 4) is 11.5 Å². The number of hydrogen-bond donors (Lipinski definition) is 1. The Kier molecular flexibility index (Phi) is 6.49. The van der Waals surface area contributed by atoms with Crippen molar-refractivity contribution < 1.29 is 18.7 Å². The molecule has 0 aliphatic carbocycles. The van der Waals surface area contributed by atoms with Gasteiger partial charge >= 0.3 is 0 Å². The van der Waals surface area contributed by atoms with Gasteiger partial charge in [-0.1, -0.05) is 6.07 Å². The molecule has 0 unspecified atom stereocenters. The Balaban J connectivity index is 1.34. The maximum Gasteiger partial charge on any atom is 0.249 e. The largest absolute Gasteiger partial charge is 0.453 e. The Labute approximate surface area is 179 Å². The minimum Gasteiger partial charge on any atom is -0.453 e. The number of aromatic nitrogens is 2. The lowest BCUT2D eigenvalue weighted by molar-refractivity contribution is -0.111. The van der Waals surface area contributed by atoms with E-state index in [0.717, 1.165) is 18.8 Å². The fourth-order valence-electron chi connectivity index (χ4n) is 3.05. The van der Waals surface area contributed by atoms with Gasteiger partial charge in [0.1, 0.15) is 11.6 Å². The number of anilines is 2. The van der Waals surface area contributed by atoms with Crippen LogP contribution in [0.3, 0.4) is 0 Å². The molecule has 158 valence electrons. The van der Waals surface area contributed by atoms with Crippen molar-refractivity contribution in [2.75, 3.05) is 36.5 Å². The van der Waals surface area contributed by atoms with Gasteiger partial charge in [0, 0.05) is 25.4 Å². The highest BCUT2D eigenvalue weighted by atomic mass is 19.1. The van der Waals surface area contributed by atoms with Crippen LogP contribution in [0.1, 0.15) is 5.56 Å². The standard InChI is InChI=1S/C23H21FN4O3/c24-20-14-17(3-6-21(20)31-19-2-1-9-25-16-19)4-8-23(29)27-22-7-5-18(15-26-22)28-10-12-30-13-11-28/h1-9,14-16H,10-13H2,(H,26,27,29)/b8-4+. The molecule has 1 aromatic carbocycles. The van der Waals surface area contributed by atoms with E-state index >= 15 is 0 Å². The van der Waals surface area contributed by atoms with E-state index < -0.39 is 5.82 Å². The molecule has 0 atom stereocenters. The number of morpholine rings is 1. The summed E-state index contributed by atoms with van der Waals surface area (Å²) >= 11 is 0. The predicted octanol–water partition coefficient (Wildman–Crippen LogP) is 3.90. The molecule has 1 aliphatic rings. The number of benzene rings is 1. The normalized spacial score (nSPS) is 13.9. The van der Waals surface area contributed by atoms with E-state index in [2.05, 4.69) is 20.2 Å². The molecule has 1 saturated heterocycles. The quantitative estimate of drug-likeness (QED) is 0.610. The van der Waals surface area contributed by atoms with Crippen molar-refractivity contribution in [3.05, 3.63) is 78.5 Å². The Morgan fingerprint density at radius 3 is 2.74 bits per heavy atom. The zero-order valence-corrected chi connectivity index (χ0v) is 16.7. The van der Waals surface area contributed by atoms with E-state index in [4.69, 9.17) is 9.47 Å². The van der Waals surface area contributed by atoms with Crippen LogP contribution in [0.2, 0.25) is 0 Å². The van der Waals surface area contributed by atoms with Crippen molar-refractivity contribution >= 4 is 23.5 Å². The number of nitrogens with zero attached hydrogens (tertiary/aromatic N) is 3. The molecule has 1 amide bonds. The second kappa shape index (κ2) is 9.82. The lowest BCUT2D eigenvalue weighted by Gasteiger charge is -2.28. The fraction of sp³-hybridized carbons (Fsp3) is 0.174. The summed E-state index contributed by atoms with van der Waals surface area (Å²) in [6.45, 7) is 3.03. The first kappa shape index (κ1) is 20.5. The highest BCUT2D eigenvalue weighted by molar-refractivity contribution is 6.01. The van der Waals surface area contributed by atoms with E-state index in [0.29, 0.717) is 30.3 Å². The molecule has 7 nitrogen and oxygen atoms in total. The molecule has 4 rings (SSSR count). The number of rotatable bonds is 6. The summed E-state index contributed by atoms with van der Waals surface area (Å²) in [5, 5.41) is 2.70. The Hall–Kier alpha value is -3.78. The molecule has 2 aromatic heterocycles. The number of hydrogen-bond acceptors (Lipinski definition) is 6. The summed E-state index contributed by atoms with van der Waals surface area (Å²) in [4.78, 5) is 22.6. The number of pyridine rings is 2. The highest BCUT2D eigenvalue weighted by Crippen LogP contribution is 2.25. The first-order valence-corrected chi connectivity index (χ1v) is 9.83. The van der Waals surface area contributed by atoms with Crippen LogP contribution in [0, 0.1) is 5.82 Å². The summed E-state index contributed by atoms with van der Waals surface area (Å²) in [6.07, 6.45) is 7.68. The van der Waals surface area contributed by atoms with E-state index in [1.165, 1.54) is 30.5 Å². The van der Waals surface area contributed by atoms with E-state index in [-0.39, 0.29) is 11.7 Å². The van der Waals surface area contributed by atoms with Crippen molar-refractivity contribution in [2.24, 2.45) is 0 Å². The summed E-state index contributed by atoms with van der Waals surface area (Å²) in [5.41, 5.74) is 1.52. The van der Waals surface area contributed by atoms with E-state index in [1.807, 2.05) is 6.07 Å². The number of carbonyl (C=O) groups excluding carboxylic acids is 1. The van der Waals surface area contributed by atoms with Crippen LogP contribution >= 0.6 is 0 Å². The Bertz CT molecular complexity index is 1050. The zero-order valence-electron chi connectivity index (χ0n) is 16.7. The second-order valence-electron chi connectivity index (χ2n) is 6.80. The molecule has 8 heteroatoms. The third kappa shape index (κ3) is 5.64. The van der Waals surface area contributed by atoms with Crippen molar-refractivity contribution in [1.82, 2.24) is 9.97 Å². The predicted molar refractivity (Wildman–Crippen MR) is 116 cm³/mol. The molecule has 1 fully saturated rings. The van der Waals surface area contributed by atoms with Gasteiger partial charge in [0.05, 0.1) is 31.3 Å². The van der Waals surface area contributed by atoms with Crippen molar-refractivity contribution in [3.63, 3.8) is 0 Å². The van der Waals surface area contributed by atoms with Crippen LogP contribution in [0.15, 0.2) is 67.1 Å². The molecule has 0 spiro atoms. The Morgan fingerprint density at radius 1 is 1.16 bits per heavy atom. The van der Waals surface area contributed by atoms with Gasteiger partial charge in [-0.25, -0.2) is 9.37 Å². The van der Waals surface area contributed by atoms with E-state index in [1.54, 1.807) is 36.7 Å². The minimum absolute atomic E-state index is 0.0826.